The summed E-state index contributed by atoms with van der Waals surface area (Å²) in [6.07, 6.45) is 7.31. The summed E-state index contributed by atoms with van der Waals surface area (Å²) >= 11 is 0. The third-order valence-electron chi connectivity index (χ3n) is 4.73. The molecule has 2 unspecified atom stereocenters. The summed E-state index contributed by atoms with van der Waals surface area (Å²) in [4.78, 5) is 2.45. The highest BCUT2D eigenvalue weighted by Gasteiger charge is 2.40. The molecule has 3 rings (SSSR count). The number of piperidine rings is 1. The quantitative estimate of drug-likeness (QED) is 0.803. The van der Waals surface area contributed by atoms with E-state index in [0.29, 0.717) is 12.1 Å². The standard InChI is InChI=1S/C14H26N2O/c1-16-7-4-11(5-8-16)10-15-13-6-9-17-14(13)12-2-3-12/h11-15H,2-10H2,1H3. The molecule has 2 heterocycles. The Morgan fingerprint density at radius 3 is 2.59 bits per heavy atom. The Balaban J connectivity index is 1.41. The highest BCUT2D eigenvalue weighted by molar-refractivity contribution is 4.93. The number of hydrogen-bond donors (Lipinski definition) is 1. The lowest BCUT2D eigenvalue weighted by atomic mass is 9.96. The second kappa shape index (κ2) is 5.25. The van der Waals surface area contributed by atoms with Crippen molar-refractivity contribution in [3.63, 3.8) is 0 Å². The first-order chi connectivity index (χ1) is 8.33. The molecule has 3 nitrogen and oxygen atoms in total. The molecule has 0 amide bonds. The molecule has 0 radical (unpaired) electrons. The second-order valence-corrected chi connectivity index (χ2v) is 6.22. The summed E-state index contributed by atoms with van der Waals surface area (Å²) in [5.41, 5.74) is 0. The molecule has 1 N–H and O–H groups in total. The third-order valence-corrected chi connectivity index (χ3v) is 4.73. The number of hydrogen-bond acceptors (Lipinski definition) is 3. The van der Waals surface area contributed by atoms with Crippen LogP contribution in [0.4, 0.5) is 0 Å². The van der Waals surface area contributed by atoms with Crippen LogP contribution in [0, 0.1) is 11.8 Å². The second-order valence-electron chi connectivity index (χ2n) is 6.22. The van der Waals surface area contributed by atoms with Gasteiger partial charge >= 0.3 is 0 Å². The molecule has 0 aromatic carbocycles. The van der Waals surface area contributed by atoms with Gasteiger partial charge in [-0.25, -0.2) is 0 Å². The van der Waals surface area contributed by atoms with Gasteiger partial charge < -0.3 is 15.0 Å². The van der Waals surface area contributed by atoms with Crippen molar-refractivity contribution in [3.8, 4) is 0 Å². The van der Waals surface area contributed by atoms with Gasteiger partial charge in [0.1, 0.15) is 0 Å². The summed E-state index contributed by atoms with van der Waals surface area (Å²) < 4.78 is 5.88. The fraction of sp³-hybridized carbons (Fsp3) is 1.00. The van der Waals surface area contributed by atoms with Gasteiger partial charge in [-0.15, -0.1) is 0 Å². The van der Waals surface area contributed by atoms with Crippen molar-refractivity contribution in [2.45, 2.75) is 44.2 Å². The lowest BCUT2D eigenvalue weighted by molar-refractivity contribution is 0.0794. The fourth-order valence-corrected chi connectivity index (χ4v) is 3.30. The summed E-state index contributed by atoms with van der Waals surface area (Å²) in [5, 5.41) is 3.79. The lowest BCUT2D eigenvalue weighted by Gasteiger charge is -2.30. The van der Waals surface area contributed by atoms with Gasteiger partial charge in [-0.05, 0) is 70.6 Å². The Hall–Kier alpha value is -0.120. The maximum Gasteiger partial charge on any atom is 0.0756 e. The maximum absolute atomic E-state index is 5.88. The number of ether oxygens (including phenoxy) is 1. The molecule has 3 aliphatic rings. The van der Waals surface area contributed by atoms with Crippen molar-refractivity contribution in [1.29, 1.82) is 0 Å². The average Bonchev–Trinajstić information content (AvgIpc) is 3.08. The van der Waals surface area contributed by atoms with E-state index in [1.54, 1.807) is 0 Å². The fourth-order valence-electron chi connectivity index (χ4n) is 3.30. The van der Waals surface area contributed by atoms with E-state index in [1.807, 2.05) is 0 Å². The third kappa shape index (κ3) is 3.01. The van der Waals surface area contributed by atoms with E-state index >= 15 is 0 Å². The zero-order valence-corrected chi connectivity index (χ0v) is 11.0. The zero-order chi connectivity index (χ0) is 11.7. The van der Waals surface area contributed by atoms with Crippen LogP contribution >= 0.6 is 0 Å². The molecule has 2 atom stereocenters. The molecule has 0 bridgehead atoms. The van der Waals surface area contributed by atoms with E-state index in [2.05, 4.69) is 17.3 Å². The number of rotatable bonds is 4. The van der Waals surface area contributed by atoms with E-state index in [4.69, 9.17) is 4.74 Å². The predicted molar refractivity (Wildman–Crippen MR) is 69.1 cm³/mol. The van der Waals surface area contributed by atoms with Gasteiger partial charge in [-0.2, -0.15) is 0 Å². The topological polar surface area (TPSA) is 24.5 Å². The molecule has 17 heavy (non-hydrogen) atoms. The first kappa shape index (κ1) is 11.9. The van der Waals surface area contributed by atoms with Gasteiger partial charge in [0.15, 0.2) is 0 Å². The molecular weight excluding hydrogens is 212 g/mol. The van der Waals surface area contributed by atoms with E-state index in [0.717, 1.165) is 18.4 Å². The number of nitrogens with zero attached hydrogens (tertiary/aromatic N) is 1. The average molecular weight is 238 g/mol. The van der Waals surface area contributed by atoms with Crippen molar-refractivity contribution in [1.82, 2.24) is 10.2 Å². The van der Waals surface area contributed by atoms with E-state index in [1.165, 1.54) is 51.7 Å². The van der Waals surface area contributed by atoms with Gasteiger partial charge in [-0.1, -0.05) is 0 Å². The Bertz CT molecular complexity index is 247. The molecule has 98 valence electrons. The largest absolute Gasteiger partial charge is 0.376 e. The SMILES string of the molecule is CN1CCC(CNC2CCOC2C2CC2)CC1. The van der Waals surface area contributed by atoms with Crippen LogP contribution in [-0.4, -0.2) is 50.3 Å². The van der Waals surface area contributed by atoms with Gasteiger partial charge in [0.25, 0.3) is 0 Å². The Kier molecular flexibility index (Phi) is 3.69. The summed E-state index contributed by atoms with van der Waals surface area (Å²) in [6.45, 7) is 4.75. The van der Waals surface area contributed by atoms with Gasteiger partial charge in [-0.3, -0.25) is 0 Å². The maximum atomic E-state index is 5.88. The molecule has 0 spiro atoms. The molecule has 1 saturated carbocycles. The van der Waals surface area contributed by atoms with Crippen molar-refractivity contribution >= 4 is 0 Å². The van der Waals surface area contributed by atoms with Crippen LogP contribution in [0.3, 0.4) is 0 Å². The minimum absolute atomic E-state index is 0.543. The molecule has 0 aromatic rings. The molecule has 1 aliphatic carbocycles. The normalized spacial score (nSPS) is 36.5. The van der Waals surface area contributed by atoms with Crippen molar-refractivity contribution in [3.05, 3.63) is 0 Å². The van der Waals surface area contributed by atoms with E-state index in [9.17, 15) is 0 Å². The first-order valence-corrected chi connectivity index (χ1v) is 7.36. The smallest absolute Gasteiger partial charge is 0.0756 e. The Morgan fingerprint density at radius 2 is 1.88 bits per heavy atom. The Labute approximate surface area is 105 Å². The zero-order valence-electron chi connectivity index (χ0n) is 11.0. The lowest BCUT2D eigenvalue weighted by Crippen LogP contribution is -2.42. The van der Waals surface area contributed by atoms with E-state index < -0.39 is 0 Å². The minimum atomic E-state index is 0.543. The van der Waals surface area contributed by atoms with Crippen LogP contribution in [0.5, 0.6) is 0 Å². The Morgan fingerprint density at radius 1 is 1.12 bits per heavy atom. The van der Waals surface area contributed by atoms with Crippen molar-refractivity contribution < 1.29 is 4.74 Å². The van der Waals surface area contributed by atoms with Crippen LogP contribution < -0.4 is 5.32 Å². The van der Waals surface area contributed by atoms with Gasteiger partial charge in [0, 0.05) is 12.6 Å². The molecular formula is C14H26N2O. The first-order valence-electron chi connectivity index (χ1n) is 7.36. The molecule has 3 fully saturated rings. The van der Waals surface area contributed by atoms with Crippen LogP contribution in [0.25, 0.3) is 0 Å². The minimum Gasteiger partial charge on any atom is -0.376 e. The van der Waals surface area contributed by atoms with E-state index in [-0.39, 0.29) is 0 Å². The van der Waals surface area contributed by atoms with Crippen LogP contribution in [0.15, 0.2) is 0 Å². The monoisotopic (exact) mass is 238 g/mol. The summed E-state index contributed by atoms with van der Waals surface area (Å²) in [5.74, 6) is 1.78. The van der Waals surface area contributed by atoms with Crippen LogP contribution in [0.2, 0.25) is 0 Å². The number of likely N-dealkylation sites (tertiary alicyclic amines) is 1. The number of nitrogens with one attached hydrogen (secondary N) is 1. The van der Waals surface area contributed by atoms with Crippen molar-refractivity contribution in [2.24, 2.45) is 11.8 Å². The summed E-state index contributed by atoms with van der Waals surface area (Å²) in [7, 11) is 2.23. The summed E-state index contributed by atoms with van der Waals surface area (Å²) in [6, 6.07) is 0.655. The molecule has 2 aliphatic heterocycles. The van der Waals surface area contributed by atoms with Gasteiger partial charge in [0.2, 0.25) is 0 Å². The molecule has 3 heteroatoms. The van der Waals surface area contributed by atoms with Crippen LogP contribution in [0.1, 0.15) is 32.1 Å². The predicted octanol–water partition coefficient (Wildman–Crippen LogP) is 1.49. The highest BCUT2D eigenvalue weighted by Crippen LogP contribution is 2.38. The van der Waals surface area contributed by atoms with Gasteiger partial charge in [0.05, 0.1) is 6.10 Å². The molecule has 2 saturated heterocycles. The highest BCUT2D eigenvalue weighted by atomic mass is 16.5. The van der Waals surface area contributed by atoms with Crippen molar-refractivity contribution in [2.75, 3.05) is 33.3 Å². The molecule has 0 aromatic heterocycles. The van der Waals surface area contributed by atoms with Crippen LogP contribution in [-0.2, 0) is 4.74 Å².